The normalized spacial score (nSPS) is 17.4. The summed E-state index contributed by atoms with van der Waals surface area (Å²) >= 11 is 0. The Morgan fingerprint density at radius 2 is 1.74 bits per heavy atom. The van der Waals surface area contributed by atoms with E-state index in [-0.39, 0.29) is 35.3 Å². The SMILES string of the molecule is CC(=O)C1=CC2=C(CO1)C(=O)c1ccccc1C2=O. The van der Waals surface area contributed by atoms with Crippen molar-refractivity contribution in [2.45, 2.75) is 6.92 Å². The number of carbonyl (C=O) groups excluding carboxylic acids is 3. The van der Waals surface area contributed by atoms with E-state index >= 15 is 0 Å². The molecule has 0 N–H and O–H groups in total. The highest BCUT2D eigenvalue weighted by molar-refractivity contribution is 6.28. The maximum absolute atomic E-state index is 12.3. The molecule has 0 unspecified atom stereocenters. The number of Topliss-reactive ketones (excluding diaryl/α,β-unsaturated/α-hetero) is 3. The van der Waals surface area contributed by atoms with Crippen molar-refractivity contribution in [2.75, 3.05) is 6.61 Å². The zero-order valence-corrected chi connectivity index (χ0v) is 10.2. The van der Waals surface area contributed by atoms with E-state index < -0.39 is 0 Å². The second kappa shape index (κ2) is 4.02. The highest BCUT2D eigenvalue weighted by Crippen LogP contribution is 2.30. The largest absolute Gasteiger partial charge is 0.485 e. The van der Waals surface area contributed by atoms with E-state index in [0.717, 1.165) is 0 Å². The minimum atomic E-state index is -0.259. The number of carbonyl (C=O) groups is 3. The van der Waals surface area contributed by atoms with Crippen LogP contribution < -0.4 is 0 Å². The monoisotopic (exact) mass is 254 g/mol. The highest BCUT2D eigenvalue weighted by Gasteiger charge is 2.34. The first-order valence-electron chi connectivity index (χ1n) is 5.86. The van der Waals surface area contributed by atoms with Crippen LogP contribution in [-0.4, -0.2) is 24.0 Å². The predicted molar refractivity (Wildman–Crippen MR) is 66.8 cm³/mol. The van der Waals surface area contributed by atoms with E-state index in [0.29, 0.717) is 16.7 Å². The lowest BCUT2D eigenvalue weighted by Crippen LogP contribution is -2.27. The van der Waals surface area contributed by atoms with Crippen molar-refractivity contribution in [3.63, 3.8) is 0 Å². The molecule has 4 heteroatoms. The Bertz CT molecular complexity index is 692. The average Bonchev–Trinajstić information content (AvgIpc) is 2.44. The van der Waals surface area contributed by atoms with Crippen LogP contribution in [0.4, 0.5) is 0 Å². The molecule has 0 radical (unpaired) electrons. The van der Waals surface area contributed by atoms with Crippen molar-refractivity contribution >= 4 is 17.3 Å². The molecule has 0 saturated carbocycles. The van der Waals surface area contributed by atoms with Gasteiger partial charge in [0.15, 0.2) is 23.1 Å². The first-order valence-corrected chi connectivity index (χ1v) is 5.86. The van der Waals surface area contributed by atoms with Gasteiger partial charge in [0.25, 0.3) is 0 Å². The first-order chi connectivity index (χ1) is 9.09. The van der Waals surface area contributed by atoms with Gasteiger partial charge in [0.1, 0.15) is 6.61 Å². The molecule has 1 aliphatic carbocycles. The van der Waals surface area contributed by atoms with E-state index in [4.69, 9.17) is 4.74 Å². The lowest BCUT2D eigenvalue weighted by Gasteiger charge is -2.23. The maximum atomic E-state index is 12.3. The minimum absolute atomic E-state index is 0.0281. The molecule has 0 atom stereocenters. The number of ether oxygens (including phenoxy) is 1. The number of allylic oxidation sites excluding steroid dienone is 3. The lowest BCUT2D eigenvalue weighted by molar-refractivity contribution is -0.116. The van der Waals surface area contributed by atoms with Crippen LogP contribution in [0.15, 0.2) is 47.2 Å². The van der Waals surface area contributed by atoms with Gasteiger partial charge in [-0.25, -0.2) is 0 Å². The summed E-state index contributed by atoms with van der Waals surface area (Å²) in [5.41, 5.74) is 1.38. The summed E-state index contributed by atoms with van der Waals surface area (Å²) in [7, 11) is 0. The molecule has 2 aliphatic rings. The predicted octanol–water partition coefficient (Wildman–Crippen LogP) is 1.87. The topological polar surface area (TPSA) is 60.4 Å². The fourth-order valence-corrected chi connectivity index (χ4v) is 2.27. The van der Waals surface area contributed by atoms with E-state index in [9.17, 15) is 14.4 Å². The second-order valence-electron chi connectivity index (χ2n) is 4.45. The van der Waals surface area contributed by atoms with E-state index in [1.54, 1.807) is 24.3 Å². The third-order valence-corrected chi connectivity index (χ3v) is 3.25. The quantitative estimate of drug-likeness (QED) is 0.767. The number of hydrogen-bond acceptors (Lipinski definition) is 4. The fraction of sp³-hybridized carbons (Fsp3) is 0.133. The molecule has 94 valence electrons. The van der Waals surface area contributed by atoms with Gasteiger partial charge in [-0.15, -0.1) is 0 Å². The van der Waals surface area contributed by atoms with Crippen molar-refractivity contribution in [2.24, 2.45) is 0 Å². The molecule has 1 aromatic rings. The molecular formula is C15H10O4. The molecule has 0 saturated heterocycles. The van der Waals surface area contributed by atoms with E-state index in [2.05, 4.69) is 0 Å². The summed E-state index contributed by atoms with van der Waals surface area (Å²) in [5.74, 6) is -0.568. The number of ketones is 3. The van der Waals surface area contributed by atoms with Gasteiger partial charge >= 0.3 is 0 Å². The van der Waals surface area contributed by atoms with Gasteiger partial charge in [-0.2, -0.15) is 0 Å². The number of rotatable bonds is 1. The molecule has 4 nitrogen and oxygen atoms in total. The standard InChI is InChI=1S/C15H10O4/c1-8(16)13-6-11-12(7-19-13)15(18)10-5-3-2-4-9(10)14(11)17/h2-6H,7H2,1H3. The molecule has 19 heavy (non-hydrogen) atoms. The molecule has 3 rings (SSSR count). The summed E-state index contributed by atoms with van der Waals surface area (Å²) < 4.78 is 5.22. The van der Waals surface area contributed by atoms with E-state index in [1.165, 1.54) is 13.0 Å². The Morgan fingerprint density at radius 1 is 1.11 bits per heavy atom. The van der Waals surface area contributed by atoms with Crippen molar-refractivity contribution in [1.82, 2.24) is 0 Å². The fourth-order valence-electron chi connectivity index (χ4n) is 2.27. The third kappa shape index (κ3) is 1.64. The van der Waals surface area contributed by atoms with Gasteiger partial charge in [-0.1, -0.05) is 24.3 Å². The number of benzene rings is 1. The van der Waals surface area contributed by atoms with Gasteiger partial charge in [0.2, 0.25) is 0 Å². The molecule has 0 aromatic heterocycles. The summed E-state index contributed by atoms with van der Waals surface area (Å²) in [6.45, 7) is 1.33. The molecule has 0 bridgehead atoms. The van der Waals surface area contributed by atoms with Gasteiger partial charge in [-0.05, 0) is 6.08 Å². The van der Waals surface area contributed by atoms with Crippen LogP contribution in [0.25, 0.3) is 0 Å². The summed E-state index contributed by atoms with van der Waals surface area (Å²) in [6, 6.07) is 6.68. The van der Waals surface area contributed by atoms with Gasteiger partial charge in [0, 0.05) is 29.2 Å². The Hall–Kier alpha value is -2.49. The van der Waals surface area contributed by atoms with Crippen LogP contribution in [0.1, 0.15) is 27.6 Å². The second-order valence-corrected chi connectivity index (χ2v) is 4.45. The van der Waals surface area contributed by atoms with Crippen molar-refractivity contribution in [3.8, 4) is 0 Å². The smallest absolute Gasteiger partial charge is 0.194 e. The zero-order valence-electron chi connectivity index (χ0n) is 10.2. The molecule has 0 amide bonds. The Balaban J connectivity index is 2.19. The highest BCUT2D eigenvalue weighted by atomic mass is 16.5. The summed E-state index contributed by atoms with van der Waals surface area (Å²) in [6.07, 6.45) is 1.37. The van der Waals surface area contributed by atoms with Crippen LogP contribution in [0, 0.1) is 0 Å². The third-order valence-electron chi connectivity index (χ3n) is 3.25. The van der Waals surface area contributed by atoms with Crippen LogP contribution in [-0.2, 0) is 9.53 Å². The Morgan fingerprint density at radius 3 is 2.37 bits per heavy atom. The average molecular weight is 254 g/mol. The first kappa shape index (κ1) is 11.6. The Labute approximate surface area is 109 Å². The van der Waals surface area contributed by atoms with Gasteiger partial charge in [-0.3, -0.25) is 14.4 Å². The summed E-state index contributed by atoms with van der Waals surface area (Å²) in [5, 5.41) is 0. The molecule has 0 spiro atoms. The molecule has 1 aromatic carbocycles. The van der Waals surface area contributed by atoms with Gasteiger partial charge < -0.3 is 4.74 Å². The summed E-state index contributed by atoms with van der Waals surface area (Å²) in [4.78, 5) is 35.9. The maximum Gasteiger partial charge on any atom is 0.194 e. The molecule has 1 heterocycles. The van der Waals surface area contributed by atoms with Crippen molar-refractivity contribution in [1.29, 1.82) is 0 Å². The lowest BCUT2D eigenvalue weighted by atomic mass is 9.83. The minimum Gasteiger partial charge on any atom is -0.485 e. The van der Waals surface area contributed by atoms with Crippen LogP contribution in [0.5, 0.6) is 0 Å². The van der Waals surface area contributed by atoms with Crippen LogP contribution >= 0.6 is 0 Å². The number of hydrogen-bond donors (Lipinski definition) is 0. The van der Waals surface area contributed by atoms with Crippen molar-refractivity contribution < 1.29 is 19.1 Å². The molecular weight excluding hydrogens is 244 g/mol. The van der Waals surface area contributed by atoms with Crippen molar-refractivity contribution in [3.05, 3.63) is 58.4 Å². The molecule has 0 fully saturated rings. The zero-order chi connectivity index (χ0) is 13.6. The van der Waals surface area contributed by atoms with E-state index in [1.807, 2.05) is 0 Å². The van der Waals surface area contributed by atoms with Crippen LogP contribution in [0.3, 0.4) is 0 Å². The number of fused-ring (bicyclic) bond motifs is 1. The molecule has 1 aliphatic heterocycles. The van der Waals surface area contributed by atoms with Gasteiger partial charge in [0.05, 0.1) is 0 Å². The van der Waals surface area contributed by atoms with Crippen LogP contribution in [0.2, 0.25) is 0 Å². The Kier molecular flexibility index (Phi) is 2.45.